The second-order valence-electron chi connectivity index (χ2n) is 5.91. The van der Waals surface area contributed by atoms with Crippen molar-refractivity contribution in [2.24, 2.45) is 0 Å². The molecule has 3 N–H and O–H groups in total. The minimum atomic E-state index is -3.12. The van der Waals surface area contributed by atoms with E-state index in [0.29, 0.717) is 19.5 Å². The summed E-state index contributed by atoms with van der Waals surface area (Å²) in [7, 11) is -1.31. The SMILES string of the molecule is CNc1cc(NCCCNS(C)(=O)=O)nc(C(C)(C)C)n1. The van der Waals surface area contributed by atoms with E-state index in [-0.39, 0.29) is 5.41 Å². The van der Waals surface area contributed by atoms with E-state index < -0.39 is 10.0 Å². The van der Waals surface area contributed by atoms with E-state index >= 15 is 0 Å². The van der Waals surface area contributed by atoms with Crippen molar-refractivity contribution in [3.8, 4) is 0 Å². The molecule has 8 heteroatoms. The number of nitrogens with one attached hydrogen (secondary N) is 3. The molecule has 0 saturated heterocycles. The van der Waals surface area contributed by atoms with Crippen molar-refractivity contribution < 1.29 is 8.42 Å². The molecule has 1 aromatic heterocycles. The lowest BCUT2D eigenvalue weighted by Gasteiger charge is -2.18. The third-order valence-electron chi connectivity index (χ3n) is 2.68. The maximum Gasteiger partial charge on any atom is 0.208 e. The Bertz CT molecular complexity index is 566. The standard InChI is InChI=1S/C13H25N5O2S/c1-13(2,3)12-17-10(14-4)9-11(18-12)15-7-6-8-16-21(5,19)20/h9,16H,6-8H2,1-5H3,(H2,14,15,17,18). The number of anilines is 2. The number of rotatable bonds is 7. The van der Waals surface area contributed by atoms with Gasteiger partial charge in [0.15, 0.2) is 0 Å². The topological polar surface area (TPSA) is 96.0 Å². The molecule has 0 aliphatic heterocycles. The first-order valence-electron chi connectivity index (χ1n) is 6.87. The molecule has 0 spiro atoms. The average molecular weight is 315 g/mol. The van der Waals surface area contributed by atoms with Crippen LogP contribution in [0.3, 0.4) is 0 Å². The number of aromatic nitrogens is 2. The summed E-state index contributed by atoms with van der Waals surface area (Å²) >= 11 is 0. The molecule has 120 valence electrons. The summed E-state index contributed by atoms with van der Waals surface area (Å²) in [5.41, 5.74) is -0.138. The van der Waals surface area contributed by atoms with Crippen LogP contribution in [-0.4, -0.2) is 44.8 Å². The Kier molecular flexibility index (Phi) is 5.91. The Morgan fingerprint density at radius 3 is 2.29 bits per heavy atom. The van der Waals surface area contributed by atoms with E-state index in [4.69, 9.17) is 0 Å². The number of hydrogen-bond acceptors (Lipinski definition) is 6. The first-order chi connectivity index (χ1) is 9.62. The molecule has 0 saturated carbocycles. The highest BCUT2D eigenvalue weighted by atomic mass is 32.2. The zero-order valence-corrected chi connectivity index (χ0v) is 14.1. The molecule has 0 aromatic carbocycles. The van der Waals surface area contributed by atoms with Crippen LogP contribution in [0.2, 0.25) is 0 Å². The van der Waals surface area contributed by atoms with Gasteiger partial charge >= 0.3 is 0 Å². The molecular formula is C13H25N5O2S. The van der Waals surface area contributed by atoms with Gasteiger partial charge in [-0.2, -0.15) is 0 Å². The van der Waals surface area contributed by atoms with Gasteiger partial charge in [0.1, 0.15) is 17.5 Å². The summed E-state index contributed by atoms with van der Waals surface area (Å²) in [5, 5.41) is 6.21. The molecule has 0 bridgehead atoms. The Morgan fingerprint density at radius 1 is 1.14 bits per heavy atom. The molecule has 7 nitrogen and oxygen atoms in total. The van der Waals surface area contributed by atoms with E-state index in [1.807, 2.05) is 13.1 Å². The Morgan fingerprint density at radius 2 is 1.76 bits per heavy atom. The average Bonchev–Trinajstić information content (AvgIpc) is 2.35. The van der Waals surface area contributed by atoms with Gasteiger partial charge in [-0.15, -0.1) is 0 Å². The minimum Gasteiger partial charge on any atom is -0.373 e. The Balaban J connectivity index is 2.62. The van der Waals surface area contributed by atoms with Crippen molar-refractivity contribution in [1.82, 2.24) is 14.7 Å². The van der Waals surface area contributed by atoms with Gasteiger partial charge in [-0.3, -0.25) is 0 Å². The number of hydrogen-bond donors (Lipinski definition) is 3. The quantitative estimate of drug-likeness (QED) is 0.654. The molecule has 1 aromatic rings. The summed E-state index contributed by atoms with van der Waals surface area (Å²) in [6, 6.07) is 1.83. The molecule has 0 amide bonds. The van der Waals surface area contributed by atoms with Crippen LogP contribution in [0.4, 0.5) is 11.6 Å². The molecule has 0 aliphatic carbocycles. The molecule has 0 unspecified atom stereocenters. The summed E-state index contributed by atoms with van der Waals surface area (Å²) < 4.78 is 24.3. The minimum absolute atomic E-state index is 0.138. The number of nitrogens with zero attached hydrogens (tertiary/aromatic N) is 2. The van der Waals surface area contributed by atoms with Gasteiger partial charge in [-0.05, 0) is 6.42 Å². The van der Waals surface area contributed by atoms with E-state index in [1.165, 1.54) is 0 Å². The van der Waals surface area contributed by atoms with Gasteiger partial charge in [0.25, 0.3) is 0 Å². The van der Waals surface area contributed by atoms with Crippen molar-refractivity contribution in [1.29, 1.82) is 0 Å². The highest BCUT2D eigenvalue weighted by Crippen LogP contribution is 2.22. The third kappa shape index (κ3) is 6.72. The van der Waals surface area contributed by atoms with Crippen molar-refractivity contribution in [3.05, 3.63) is 11.9 Å². The van der Waals surface area contributed by atoms with Crippen LogP contribution < -0.4 is 15.4 Å². The fourth-order valence-corrected chi connectivity index (χ4v) is 2.08. The molecule has 0 aliphatic rings. The van der Waals surface area contributed by atoms with Crippen molar-refractivity contribution in [2.45, 2.75) is 32.6 Å². The van der Waals surface area contributed by atoms with Gasteiger partial charge in [0, 0.05) is 31.6 Å². The summed E-state index contributed by atoms with van der Waals surface area (Å²) in [6.45, 7) is 7.21. The van der Waals surface area contributed by atoms with Crippen LogP contribution in [0.15, 0.2) is 6.07 Å². The lowest BCUT2D eigenvalue weighted by molar-refractivity contribution is 0.546. The molecule has 0 radical (unpaired) electrons. The molecular weight excluding hydrogens is 290 g/mol. The summed E-state index contributed by atoms with van der Waals surface area (Å²) in [5.74, 6) is 2.25. The van der Waals surface area contributed by atoms with Crippen LogP contribution >= 0.6 is 0 Å². The molecule has 21 heavy (non-hydrogen) atoms. The third-order valence-corrected chi connectivity index (χ3v) is 3.41. The molecule has 1 heterocycles. The molecule has 1 rings (SSSR count). The maximum atomic E-state index is 10.9. The fraction of sp³-hybridized carbons (Fsp3) is 0.692. The van der Waals surface area contributed by atoms with E-state index in [1.54, 1.807) is 0 Å². The van der Waals surface area contributed by atoms with E-state index in [2.05, 4.69) is 46.1 Å². The predicted molar refractivity (Wildman–Crippen MR) is 86.2 cm³/mol. The monoisotopic (exact) mass is 315 g/mol. The molecule has 0 atom stereocenters. The van der Waals surface area contributed by atoms with Crippen LogP contribution in [0, 0.1) is 0 Å². The largest absolute Gasteiger partial charge is 0.373 e. The van der Waals surface area contributed by atoms with Gasteiger partial charge in [-0.25, -0.2) is 23.1 Å². The number of sulfonamides is 1. The van der Waals surface area contributed by atoms with Gasteiger partial charge in [0.2, 0.25) is 10.0 Å². The second-order valence-corrected chi connectivity index (χ2v) is 7.74. The van der Waals surface area contributed by atoms with Crippen LogP contribution in [0.1, 0.15) is 33.0 Å². The zero-order valence-electron chi connectivity index (χ0n) is 13.3. The summed E-state index contributed by atoms with van der Waals surface area (Å²) in [4.78, 5) is 8.94. The Labute approximate surface area is 127 Å². The first-order valence-corrected chi connectivity index (χ1v) is 8.77. The van der Waals surface area contributed by atoms with Gasteiger partial charge < -0.3 is 10.6 Å². The van der Waals surface area contributed by atoms with Crippen molar-refractivity contribution in [3.63, 3.8) is 0 Å². The highest BCUT2D eigenvalue weighted by molar-refractivity contribution is 7.88. The van der Waals surface area contributed by atoms with Gasteiger partial charge in [-0.1, -0.05) is 20.8 Å². The zero-order chi connectivity index (χ0) is 16.1. The predicted octanol–water partition coefficient (Wildman–Crippen LogP) is 1.17. The molecule has 0 fully saturated rings. The fourth-order valence-electron chi connectivity index (χ4n) is 1.56. The normalized spacial score (nSPS) is 12.2. The lowest BCUT2D eigenvalue weighted by Crippen LogP contribution is -2.24. The smallest absolute Gasteiger partial charge is 0.208 e. The summed E-state index contributed by atoms with van der Waals surface area (Å²) in [6.07, 6.45) is 1.83. The van der Waals surface area contributed by atoms with E-state index in [0.717, 1.165) is 23.7 Å². The lowest BCUT2D eigenvalue weighted by atomic mass is 9.96. The van der Waals surface area contributed by atoms with Crippen LogP contribution in [-0.2, 0) is 15.4 Å². The second kappa shape index (κ2) is 7.04. The maximum absolute atomic E-state index is 10.9. The van der Waals surface area contributed by atoms with E-state index in [9.17, 15) is 8.42 Å². The van der Waals surface area contributed by atoms with Crippen LogP contribution in [0.5, 0.6) is 0 Å². The highest BCUT2D eigenvalue weighted by Gasteiger charge is 2.18. The van der Waals surface area contributed by atoms with Crippen molar-refractivity contribution >= 4 is 21.7 Å². The van der Waals surface area contributed by atoms with Crippen molar-refractivity contribution in [2.75, 3.05) is 37.0 Å². The van der Waals surface area contributed by atoms with Crippen LogP contribution in [0.25, 0.3) is 0 Å². The first kappa shape index (κ1) is 17.6. The van der Waals surface area contributed by atoms with Gasteiger partial charge in [0.05, 0.1) is 6.26 Å². The Hall–Kier alpha value is -1.41.